The SMILES string of the molecule is O=C(O)CC1=NCCCS1. The van der Waals surface area contributed by atoms with Crippen LogP contribution in [-0.2, 0) is 4.79 Å². The summed E-state index contributed by atoms with van der Waals surface area (Å²) < 4.78 is 0. The summed E-state index contributed by atoms with van der Waals surface area (Å²) in [6.45, 7) is 0.801. The van der Waals surface area contributed by atoms with Crippen LogP contribution in [0.1, 0.15) is 12.8 Å². The monoisotopic (exact) mass is 159 g/mol. The molecule has 1 heterocycles. The summed E-state index contributed by atoms with van der Waals surface area (Å²) in [5.41, 5.74) is 0. The molecular formula is C6H9NO2S. The van der Waals surface area contributed by atoms with Crippen LogP contribution in [0.15, 0.2) is 4.99 Å². The van der Waals surface area contributed by atoms with Crippen molar-refractivity contribution < 1.29 is 9.90 Å². The Hall–Kier alpha value is -0.510. The van der Waals surface area contributed by atoms with E-state index in [1.165, 1.54) is 0 Å². The van der Waals surface area contributed by atoms with Gasteiger partial charge >= 0.3 is 5.97 Å². The molecule has 0 aliphatic carbocycles. The van der Waals surface area contributed by atoms with E-state index in [1.54, 1.807) is 11.8 Å². The minimum atomic E-state index is -0.784. The number of nitrogens with zero attached hydrogens (tertiary/aromatic N) is 1. The zero-order chi connectivity index (χ0) is 7.40. The molecule has 0 atom stereocenters. The van der Waals surface area contributed by atoms with E-state index >= 15 is 0 Å². The van der Waals surface area contributed by atoms with Gasteiger partial charge in [-0.3, -0.25) is 9.79 Å². The van der Waals surface area contributed by atoms with Crippen molar-refractivity contribution in [2.45, 2.75) is 12.8 Å². The number of rotatable bonds is 2. The fourth-order valence-corrected chi connectivity index (χ4v) is 1.66. The number of aliphatic carboxylic acids is 1. The summed E-state index contributed by atoms with van der Waals surface area (Å²) in [5.74, 6) is 0.236. The van der Waals surface area contributed by atoms with Crippen molar-refractivity contribution in [3.63, 3.8) is 0 Å². The van der Waals surface area contributed by atoms with Crippen molar-refractivity contribution in [1.82, 2.24) is 0 Å². The van der Waals surface area contributed by atoms with Crippen LogP contribution in [0.2, 0.25) is 0 Å². The molecule has 0 spiro atoms. The lowest BCUT2D eigenvalue weighted by molar-refractivity contribution is -0.135. The van der Waals surface area contributed by atoms with Crippen molar-refractivity contribution in [3.05, 3.63) is 0 Å². The normalized spacial score (nSPS) is 18.2. The lowest BCUT2D eigenvalue weighted by atomic mass is 10.4. The van der Waals surface area contributed by atoms with Gasteiger partial charge in [0.15, 0.2) is 0 Å². The van der Waals surface area contributed by atoms with E-state index in [9.17, 15) is 4.79 Å². The Kier molecular flexibility index (Phi) is 2.74. The van der Waals surface area contributed by atoms with Crippen LogP contribution in [0.3, 0.4) is 0 Å². The van der Waals surface area contributed by atoms with Gasteiger partial charge in [0.05, 0.1) is 11.5 Å². The maximum Gasteiger partial charge on any atom is 0.309 e. The Labute approximate surface area is 63.5 Å². The average molecular weight is 159 g/mol. The highest BCUT2D eigenvalue weighted by molar-refractivity contribution is 8.14. The number of hydrogen-bond acceptors (Lipinski definition) is 3. The highest BCUT2D eigenvalue weighted by atomic mass is 32.2. The fraction of sp³-hybridized carbons (Fsp3) is 0.667. The van der Waals surface area contributed by atoms with Crippen molar-refractivity contribution in [2.75, 3.05) is 12.3 Å². The predicted octanol–water partition coefficient (Wildman–Crippen LogP) is 0.996. The van der Waals surface area contributed by atoms with Gasteiger partial charge in [0.25, 0.3) is 0 Å². The summed E-state index contributed by atoms with van der Waals surface area (Å²) in [4.78, 5) is 14.2. The summed E-state index contributed by atoms with van der Waals surface area (Å²) in [6.07, 6.45) is 1.18. The second-order valence-corrected chi connectivity index (χ2v) is 3.22. The number of carbonyl (C=O) groups is 1. The molecule has 0 amide bonds. The van der Waals surface area contributed by atoms with Crippen LogP contribution in [-0.4, -0.2) is 28.4 Å². The highest BCUT2D eigenvalue weighted by Gasteiger charge is 2.08. The van der Waals surface area contributed by atoms with Crippen LogP contribution in [0, 0.1) is 0 Å². The Morgan fingerprint density at radius 2 is 2.60 bits per heavy atom. The van der Waals surface area contributed by atoms with Gasteiger partial charge in [-0.2, -0.15) is 0 Å². The van der Waals surface area contributed by atoms with Gasteiger partial charge in [0, 0.05) is 12.3 Å². The molecule has 0 saturated heterocycles. The summed E-state index contributed by atoms with van der Waals surface area (Å²) in [5, 5.41) is 9.15. The molecule has 0 bridgehead atoms. The molecule has 0 radical (unpaired) electrons. The lowest BCUT2D eigenvalue weighted by Crippen LogP contribution is -2.08. The predicted molar refractivity (Wildman–Crippen MR) is 41.6 cm³/mol. The van der Waals surface area contributed by atoms with Gasteiger partial charge in [-0.1, -0.05) is 0 Å². The third-order valence-electron chi connectivity index (χ3n) is 1.16. The average Bonchev–Trinajstić information content (AvgIpc) is 1.88. The maximum absolute atomic E-state index is 10.2. The van der Waals surface area contributed by atoms with Gasteiger partial charge in [-0.05, 0) is 6.42 Å². The molecule has 0 unspecified atom stereocenters. The first-order valence-electron chi connectivity index (χ1n) is 3.17. The number of carboxylic acids is 1. The maximum atomic E-state index is 10.2. The minimum Gasteiger partial charge on any atom is -0.481 e. The first-order valence-corrected chi connectivity index (χ1v) is 4.15. The topological polar surface area (TPSA) is 49.7 Å². The zero-order valence-electron chi connectivity index (χ0n) is 5.54. The van der Waals surface area contributed by atoms with E-state index in [0.717, 1.165) is 23.8 Å². The van der Waals surface area contributed by atoms with Crippen LogP contribution in [0.25, 0.3) is 0 Å². The second-order valence-electron chi connectivity index (χ2n) is 2.05. The first-order chi connectivity index (χ1) is 4.79. The standard InChI is InChI=1S/C6H9NO2S/c8-6(9)4-5-7-2-1-3-10-5/h1-4H2,(H,8,9). The first kappa shape index (κ1) is 7.60. The molecule has 3 nitrogen and oxygen atoms in total. The third-order valence-corrected chi connectivity index (χ3v) is 2.26. The van der Waals surface area contributed by atoms with Crippen LogP contribution >= 0.6 is 11.8 Å². The van der Waals surface area contributed by atoms with Gasteiger partial charge in [-0.25, -0.2) is 0 Å². The van der Waals surface area contributed by atoms with Crippen molar-refractivity contribution in [1.29, 1.82) is 0 Å². The highest BCUT2D eigenvalue weighted by Crippen LogP contribution is 2.14. The molecule has 0 aromatic rings. The van der Waals surface area contributed by atoms with E-state index in [2.05, 4.69) is 4.99 Å². The van der Waals surface area contributed by atoms with Crippen LogP contribution < -0.4 is 0 Å². The van der Waals surface area contributed by atoms with Crippen molar-refractivity contribution in [2.24, 2.45) is 4.99 Å². The Balaban J connectivity index is 2.38. The molecule has 0 aromatic heterocycles. The molecular weight excluding hydrogens is 150 g/mol. The Bertz CT molecular complexity index is 167. The van der Waals surface area contributed by atoms with Gasteiger partial charge in [0.1, 0.15) is 0 Å². The van der Waals surface area contributed by atoms with Crippen LogP contribution in [0.4, 0.5) is 0 Å². The summed E-state index contributed by atoms with van der Waals surface area (Å²) in [7, 11) is 0. The number of aliphatic imine (C=N–C) groups is 1. The van der Waals surface area contributed by atoms with E-state index in [1.807, 2.05) is 0 Å². The minimum absolute atomic E-state index is 0.102. The largest absolute Gasteiger partial charge is 0.481 e. The fourth-order valence-electron chi connectivity index (χ4n) is 0.740. The van der Waals surface area contributed by atoms with Gasteiger partial charge < -0.3 is 5.11 Å². The summed E-state index contributed by atoms with van der Waals surface area (Å²) >= 11 is 1.56. The number of thioether (sulfide) groups is 1. The second kappa shape index (κ2) is 3.61. The zero-order valence-corrected chi connectivity index (χ0v) is 6.36. The number of hydrogen-bond donors (Lipinski definition) is 1. The van der Waals surface area contributed by atoms with E-state index in [0.29, 0.717) is 0 Å². The molecule has 0 aromatic carbocycles. The molecule has 0 saturated carbocycles. The summed E-state index contributed by atoms with van der Waals surface area (Å²) in [6, 6.07) is 0. The number of carboxylic acid groups (broad SMARTS) is 1. The molecule has 0 fully saturated rings. The van der Waals surface area contributed by atoms with Crippen molar-refractivity contribution >= 4 is 22.8 Å². The molecule has 4 heteroatoms. The van der Waals surface area contributed by atoms with E-state index in [-0.39, 0.29) is 6.42 Å². The smallest absolute Gasteiger partial charge is 0.309 e. The van der Waals surface area contributed by atoms with E-state index < -0.39 is 5.97 Å². The Morgan fingerprint density at radius 3 is 3.10 bits per heavy atom. The van der Waals surface area contributed by atoms with E-state index in [4.69, 9.17) is 5.11 Å². The lowest BCUT2D eigenvalue weighted by Gasteiger charge is -2.07. The quantitative estimate of drug-likeness (QED) is 0.653. The van der Waals surface area contributed by atoms with Gasteiger partial charge in [0.2, 0.25) is 0 Å². The molecule has 1 N–H and O–H groups in total. The molecule has 1 rings (SSSR count). The molecule has 1 aliphatic heterocycles. The van der Waals surface area contributed by atoms with Crippen LogP contribution in [0.5, 0.6) is 0 Å². The van der Waals surface area contributed by atoms with Gasteiger partial charge in [-0.15, -0.1) is 11.8 Å². The molecule has 1 aliphatic rings. The molecule has 56 valence electrons. The molecule has 10 heavy (non-hydrogen) atoms. The third kappa shape index (κ3) is 2.39. The Morgan fingerprint density at radius 1 is 1.80 bits per heavy atom. The van der Waals surface area contributed by atoms with Crippen molar-refractivity contribution in [3.8, 4) is 0 Å².